The second-order valence-corrected chi connectivity index (χ2v) is 5.51. The van der Waals surface area contributed by atoms with Crippen LogP contribution in [-0.2, 0) is 0 Å². The van der Waals surface area contributed by atoms with Gasteiger partial charge in [0, 0.05) is 10.6 Å². The molecule has 0 heterocycles. The van der Waals surface area contributed by atoms with Gasteiger partial charge in [0.15, 0.2) is 0 Å². The summed E-state index contributed by atoms with van der Waals surface area (Å²) in [6, 6.07) is 5.71. The van der Waals surface area contributed by atoms with Crippen LogP contribution in [0.15, 0.2) is 18.2 Å². The van der Waals surface area contributed by atoms with Gasteiger partial charge in [-0.3, -0.25) is 0 Å². The van der Waals surface area contributed by atoms with Gasteiger partial charge in [-0.05, 0) is 49.9 Å². The third kappa shape index (κ3) is 3.36. The van der Waals surface area contributed by atoms with Crippen molar-refractivity contribution in [1.82, 2.24) is 0 Å². The van der Waals surface area contributed by atoms with Crippen molar-refractivity contribution < 1.29 is 4.74 Å². The fourth-order valence-corrected chi connectivity index (χ4v) is 2.69. The maximum absolute atomic E-state index is 6.28. The highest BCUT2D eigenvalue weighted by atomic mass is 35.5. The summed E-state index contributed by atoms with van der Waals surface area (Å²) in [6.07, 6.45) is 5.73. The summed E-state index contributed by atoms with van der Waals surface area (Å²) in [7, 11) is 0. The zero-order valence-electron chi connectivity index (χ0n) is 10.3. The van der Waals surface area contributed by atoms with Crippen LogP contribution in [0.4, 0.5) is 0 Å². The van der Waals surface area contributed by atoms with Gasteiger partial charge < -0.3 is 10.5 Å². The van der Waals surface area contributed by atoms with Gasteiger partial charge in [0.2, 0.25) is 0 Å². The SMILES string of the molecule is Cc1cc(Cl)ccc1OCCC1(N)CCCC1. The van der Waals surface area contributed by atoms with Crippen molar-refractivity contribution in [2.24, 2.45) is 5.73 Å². The van der Waals surface area contributed by atoms with E-state index in [2.05, 4.69) is 0 Å². The van der Waals surface area contributed by atoms with Gasteiger partial charge in [-0.1, -0.05) is 24.4 Å². The Labute approximate surface area is 108 Å². The van der Waals surface area contributed by atoms with Crippen LogP contribution < -0.4 is 10.5 Å². The normalized spacial score (nSPS) is 18.3. The molecule has 0 unspecified atom stereocenters. The largest absolute Gasteiger partial charge is 0.493 e. The lowest BCUT2D eigenvalue weighted by molar-refractivity contribution is 0.257. The Morgan fingerprint density at radius 2 is 2.06 bits per heavy atom. The van der Waals surface area contributed by atoms with Crippen LogP contribution in [0.25, 0.3) is 0 Å². The van der Waals surface area contributed by atoms with Gasteiger partial charge in [-0.25, -0.2) is 0 Å². The highest BCUT2D eigenvalue weighted by Crippen LogP contribution is 2.30. The van der Waals surface area contributed by atoms with Gasteiger partial charge in [0.05, 0.1) is 6.61 Å². The second-order valence-electron chi connectivity index (χ2n) is 5.08. The minimum absolute atomic E-state index is 0.0142. The molecule has 0 saturated heterocycles. The minimum atomic E-state index is 0.0142. The van der Waals surface area contributed by atoms with E-state index >= 15 is 0 Å². The molecule has 0 atom stereocenters. The van der Waals surface area contributed by atoms with Crippen molar-refractivity contribution in [3.8, 4) is 5.75 Å². The molecule has 1 aromatic carbocycles. The van der Waals surface area contributed by atoms with Crippen LogP contribution in [0.5, 0.6) is 5.75 Å². The fourth-order valence-electron chi connectivity index (χ4n) is 2.47. The quantitative estimate of drug-likeness (QED) is 0.888. The summed E-state index contributed by atoms with van der Waals surface area (Å²) < 4.78 is 5.78. The third-order valence-electron chi connectivity index (χ3n) is 3.59. The lowest BCUT2D eigenvalue weighted by Gasteiger charge is -2.23. The van der Waals surface area contributed by atoms with Crippen molar-refractivity contribution >= 4 is 11.6 Å². The van der Waals surface area contributed by atoms with Crippen LogP contribution >= 0.6 is 11.6 Å². The minimum Gasteiger partial charge on any atom is -0.493 e. The lowest BCUT2D eigenvalue weighted by atomic mass is 9.95. The third-order valence-corrected chi connectivity index (χ3v) is 3.83. The molecule has 94 valence electrons. The second kappa shape index (κ2) is 5.28. The molecule has 0 amide bonds. The number of aryl methyl sites for hydroxylation is 1. The molecule has 0 aromatic heterocycles. The Morgan fingerprint density at radius 1 is 1.35 bits per heavy atom. The summed E-state index contributed by atoms with van der Waals surface area (Å²) in [5.74, 6) is 0.913. The molecule has 2 nitrogen and oxygen atoms in total. The van der Waals surface area contributed by atoms with Gasteiger partial charge >= 0.3 is 0 Å². The van der Waals surface area contributed by atoms with Crippen molar-refractivity contribution in [1.29, 1.82) is 0 Å². The summed E-state index contributed by atoms with van der Waals surface area (Å²) in [4.78, 5) is 0. The molecule has 1 aromatic rings. The summed E-state index contributed by atoms with van der Waals surface area (Å²) >= 11 is 5.90. The van der Waals surface area contributed by atoms with E-state index in [0.717, 1.165) is 35.6 Å². The summed E-state index contributed by atoms with van der Waals surface area (Å²) in [5.41, 5.74) is 7.38. The first-order valence-corrected chi connectivity index (χ1v) is 6.65. The van der Waals surface area contributed by atoms with Gasteiger partial charge in [0.1, 0.15) is 5.75 Å². The number of ether oxygens (including phenoxy) is 1. The molecule has 1 aliphatic rings. The summed E-state index contributed by atoms with van der Waals surface area (Å²) in [5, 5.41) is 0.751. The van der Waals surface area contributed by atoms with Crippen molar-refractivity contribution in [2.45, 2.75) is 44.6 Å². The van der Waals surface area contributed by atoms with E-state index in [1.807, 2.05) is 25.1 Å². The van der Waals surface area contributed by atoms with E-state index < -0.39 is 0 Å². The molecule has 1 aliphatic carbocycles. The molecule has 0 bridgehead atoms. The standard InChI is InChI=1S/C14H20ClNO/c1-11-10-12(15)4-5-13(11)17-9-8-14(16)6-2-3-7-14/h4-5,10H,2-3,6-9,16H2,1H3. The fraction of sp³-hybridized carbons (Fsp3) is 0.571. The maximum atomic E-state index is 6.28. The molecule has 0 aliphatic heterocycles. The van der Waals surface area contributed by atoms with E-state index in [4.69, 9.17) is 22.1 Å². The Bertz CT molecular complexity index is 386. The molecule has 2 N–H and O–H groups in total. The van der Waals surface area contributed by atoms with Crippen LogP contribution in [0.2, 0.25) is 5.02 Å². The maximum Gasteiger partial charge on any atom is 0.122 e. The number of benzene rings is 1. The molecule has 0 radical (unpaired) electrons. The molecule has 1 saturated carbocycles. The molecular weight excluding hydrogens is 234 g/mol. The number of rotatable bonds is 4. The zero-order chi connectivity index (χ0) is 12.3. The average molecular weight is 254 g/mol. The van der Waals surface area contributed by atoms with Crippen LogP contribution in [0.3, 0.4) is 0 Å². The van der Waals surface area contributed by atoms with Gasteiger partial charge in [0.25, 0.3) is 0 Å². The first-order chi connectivity index (χ1) is 8.09. The van der Waals surface area contributed by atoms with E-state index in [1.54, 1.807) is 0 Å². The predicted molar refractivity (Wildman–Crippen MR) is 71.7 cm³/mol. The molecule has 17 heavy (non-hydrogen) atoms. The highest BCUT2D eigenvalue weighted by Gasteiger charge is 2.28. The van der Waals surface area contributed by atoms with E-state index in [-0.39, 0.29) is 5.54 Å². The van der Waals surface area contributed by atoms with E-state index in [9.17, 15) is 0 Å². The van der Waals surface area contributed by atoms with E-state index in [1.165, 1.54) is 12.8 Å². The summed E-state index contributed by atoms with van der Waals surface area (Å²) in [6.45, 7) is 2.70. The van der Waals surface area contributed by atoms with Crippen LogP contribution in [0, 0.1) is 6.92 Å². The lowest BCUT2D eigenvalue weighted by Crippen LogP contribution is -2.37. The van der Waals surface area contributed by atoms with Crippen molar-refractivity contribution in [3.05, 3.63) is 28.8 Å². The van der Waals surface area contributed by atoms with Gasteiger partial charge in [-0.2, -0.15) is 0 Å². The molecule has 0 spiro atoms. The predicted octanol–water partition coefficient (Wildman–Crippen LogP) is 3.69. The van der Waals surface area contributed by atoms with Crippen LogP contribution in [-0.4, -0.2) is 12.1 Å². The van der Waals surface area contributed by atoms with Crippen molar-refractivity contribution in [2.75, 3.05) is 6.61 Å². The Hall–Kier alpha value is -0.730. The first kappa shape index (κ1) is 12.7. The first-order valence-electron chi connectivity index (χ1n) is 6.27. The number of hydrogen-bond acceptors (Lipinski definition) is 2. The molecular formula is C14H20ClNO. The topological polar surface area (TPSA) is 35.2 Å². The highest BCUT2D eigenvalue weighted by molar-refractivity contribution is 6.30. The smallest absolute Gasteiger partial charge is 0.122 e. The molecule has 2 rings (SSSR count). The zero-order valence-corrected chi connectivity index (χ0v) is 11.1. The van der Waals surface area contributed by atoms with E-state index in [0.29, 0.717) is 6.61 Å². The number of hydrogen-bond donors (Lipinski definition) is 1. The number of halogens is 1. The average Bonchev–Trinajstić information content (AvgIpc) is 2.69. The Balaban J connectivity index is 1.85. The number of nitrogens with two attached hydrogens (primary N) is 1. The molecule has 1 fully saturated rings. The van der Waals surface area contributed by atoms with Gasteiger partial charge in [-0.15, -0.1) is 0 Å². The Morgan fingerprint density at radius 3 is 2.71 bits per heavy atom. The van der Waals surface area contributed by atoms with Crippen molar-refractivity contribution in [3.63, 3.8) is 0 Å². The Kier molecular flexibility index (Phi) is 3.95. The monoisotopic (exact) mass is 253 g/mol. The van der Waals surface area contributed by atoms with Crippen LogP contribution in [0.1, 0.15) is 37.7 Å². The molecule has 3 heteroatoms.